The summed E-state index contributed by atoms with van der Waals surface area (Å²) >= 11 is 0. The van der Waals surface area contributed by atoms with Gasteiger partial charge in [0, 0.05) is 18.5 Å². The van der Waals surface area contributed by atoms with Gasteiger partial charge in [-0.3, -0.25) is 0 Å². The van der Waals surface area contributed by atoms with Crippen molar-refractivity contribution in [1.82, 2.24) is 4.98 Å². The molecule has 0 unspecified atom stereocenters. The van der Waals surface area contributed by atoms with Crippen molar-refractivity contribution in [3.8, 4) is 0 Å². The van der Waals surface area contributed by atoms with Crippen LogP contribution in [0.25, 0.3) is 10.9 Å². The topological polar surface area (TPSA) is 93.9 Å². The van der Waals surface area contributed by atoms with Crippen LogP contribution in [-0.4, -0.2) is 52.6 Å². The molecule has 0 saturated carbocycles. The van der Waals surface area contributed by atoms with Crippen LogP contribution in [-0.2, 0) is 0 Å². The maximum Gasteiger partial charge on any atom is 0.336 e. The van der Waals surface area contributed by atoms with E-state index in [0.29, 0.717) is 16.7 Å². The smallest absolute Gasteiger partial charge is 0.336 e. The lowest BCUT2D eigenvalue weighted by Crippen LogP contribution is -2.30. The molecule has 1 heterocycles. The van der Waals surface area contributed by atoms with E-state index in [4.69, 9.17) is 10.2 Å². The minimum atomic E-state index is -1.03. The Morgan fingerprint density at radius 2 is 1.80 bits per heavy atom. The monoisotopic (exact) mass is 276 g/mol. The number of para-hydroxylation sites is 1. The fourth-order valence-corrected chi connectivity index (χ4v) is 2.08. The summed E-state index contributed by atoms with van der Waals surface area (Å²) in [5, 5.41) is 28.0. The van der Waals surface area contributed by atoms with Crippen molar-refractivity contribution in [1.29, 1.82) is 0 Å². The summed E-state index contributed by atoms with van der Waals surface area (Å²) in [5.74, 6) is -0.595. The molecule has 3 N–H and O–H groups in total. The van der Waals surface area contributed by atoms with Crippen LogP contribution in [0, 0.1) is 0 Å². The van der Waals surface area contributed by atoms with E-state index in [1.165, 1.54) is 6.07 Å². The van der Waals surface area contributed by atoms with Gasteiger partial charge < -0.3 is 20.2 Å². The molecule has 0 aliphatic carbocycles. The molecular weight excluding hydrogens is 260 g/mol. The van der Waals surface area contributed by atoms with Crippen LogP contribution in [0.5, 0.6) is 0 Å². The average Bonchev–Trinajstić information content (AvgIpc) is 2.45. The number of hydrogen-bond acceptors (Lipinski definition) is 5. The second-order valence-corrected chi connectivity index (χ2v) is 4.28. The average molecular weight is 276 g/mol. The second-order valence-electron chi connectivity index (χ2n) is 4.28. The Bertz CT molecular complexity index is 609. The molecule has 0 fully saturated rings. The molecule has 6 heteroatoms. The number of aromatic carboxylic acids is 1. The van der Waals surface area contributed by atoms with Gasteiger partial charge in [-0.15, -0.1) is 0 Å². The summed E-state index contributed by atoms with van der Waals surface area (Å²) in [6.45, 7) is 0.365. The first-order valence-electron chi connectivity index (χ1n) is 6.27. The summed E-state index contributed by atoms with van der Waals surface area (Å²) in [6.07, 6.45) is 0. The molecule has 0 atom stereocenters. The maximum absolute atomic E-state index is 11.4. The molecule has 0 radical (unpaired) electrons. The molecule has 0 aliphatic rings. The van der Waals surface area contributed by atoms with Gasteiger partial charge in [-0.2, -0.15) is 0 Å². The van der Waals surface area contributed by atoms with Crippen LogP contribution in [0.4, 0.5) is 5.82 Å². The molecule has 106 valence electrons. The summed E-state index contributed by atoms with van der Waals surface area (Å²) in [4.78, 5) is 17.4. The van der Waals surface area contributed by atoms with E-state index >= 15 is 0 Å². The number of hydrogen-bond donors (Lipinski definition) is 3. The zero-order valence-corrected chi connectivity index (χ0v) is 10.9. The Balaban J connectivity index is 2.56. The summed E-state index contributed by atoms with van der Waals surface area (Å²) in [7, 11) is 0. The lowest BCUT2D eigenvalue weighted by atomic mass is 10.1. The molecule has 6 nitrogen and oxygen atoms in total. The molecule has 2 aromatic rings. The number of carbonyl (C=O) groups is 1. The van der Waals surface area contributed by atoms with Crippen molar-refractivity contribution in [2.75, 3.05) is 31.2 Å². The van der Waals surface area contributed by atoms with Crippen LogP contribution < -0.4 is 4.90 Å². The quantitative estimate of drug-likeness (QED) is 0.720. The zero-order chi connectivity index (χ0) is 14.5. The summed E-state index contributed by atoms with van der Waals surface area (Å²) < 4.78 is 0. The number of anilines is 1. The highest BCUT2D eigenvalue weighted by atomic mass is 16.4. The fourth-order valence-electron chi connectivity index (χ4n) is 2.08. The van der Waals surface area contributed by atoms with Crippen LogP contribution in [0.3, 0.4) is 0 Å². The Kier molecular flexibility index (Phi) is 4.49. The molecule has 0 spiro atoms. The van der Waals surface area contributed by atoms with Gasteiger partial charge in [0.1, 0.15) is 5.82 Å². The van der Waals surface area contributed by atoms with Crippen LogP contribution in [0.15, 0.2) is 30.3 Å². The first-order chi connectivity index (χ1) is 9.67. The lowest BCUT2D eigenvalue weighted by molar-refractivity contribution is 0.0699. The summed E-state index contributed by atoms with van der Waals surface area (Å²) in [5.41, 5.74) is 0.731. The predicted octanol–water partition coefficient (Wildman–Crippen LogP) is 0.724. The highest BCUT2D eigenvalue weighted by Gasteiger charge is 2.15. The Hall–Kier alpha value is -2.18. The molecule has 2 rings (SSSR count). The van der Waals surface area contributed by atoms with Crippen LogP contribution >= 0.6 is 0 Å². The first kappa shape index (κ1) is 14.2. The third kappa shape index (κ3) is 2.87. The Labute approximate surface area is 115 Å². The number of carboxylic acid groups (broad SMARTS) is 1. The molecule has 0 bridgehead atoms. The highest BCUT2D eigenvalue weighted by Crippen LogP contribution is 2.23. The number of carboxylic acids is 1. The number of aliphatic hydroxyl groups is 2. The number of nitrogens with zero attached hydrogens (tertiary/aromatic N) is 2. The van der Waals surface area contributed by atoms with Crippen LogP contribution in [0.2, 0.25) is 0 Å². The SMILES string of the molecule is O=C(O)c1cc(N(CCO)CCO)nc2ccccc12. The van der Waals surface area contributed by atoms with E-state index in [-0.39, 0.29) is 31.9 Å². The Morgan fingerprint density at radius 1 is 1.15 bits per heavy atom. The van der Waals surface area contributed by atoms with Crippen molar-refractivity contribution in [3.05, 3.63) is 35.9 Å². The second kappa shape index (κ2) is 6.31. The summed E-state index contributed by atoms with van der Waals surface area (Å²) in [6, 6.07) is 8.46. The number of aromatic nitrogens is 1. The van der Waals surface area contributed by atoms with Crippen molar-refractivity contribution >= 4 is 22.7 Å². The molecule has 20 heavy (non-hydrogen) atoms. The lowest BCUT2D eigenvalue weighted by Gasteiger charge is -2.22. The number of pyridine rings is 1. The minimum absolute atomic E-state index is 0.100. The van der Waals surface area contributed by atoms with Crippen LogP contribution in [0.1, 0.15) is 10.4 Å². The van der Waals surface area contributed by atoms with E-state index < -0.39 is 5.97 Å². The Morgan fingerprint density at radius 3 is 2.40 bits per heavy atom. The molecule has 0 amide bonds. The van der Waals surface area contributed by atoms with E-state index in [2.05, 4.69) is 4.98 Å². The first-order valence-corrected chi connectivity index (χ1v) is 6.27. The predicted molar refractivity (Wildman–Crippen MR) is 75.1 cm³/mol. The van der Waals surface area contributed by atoms with Crippen molar-refractivity contribution in [2.24, 2.45) is 0 Å². The third-order valence-electron chi connectivity index (χ3n) is 3.00. The number of fused-ring (bicyclic) bond motifs is 1. The van der Waals surface area contributed by atoms with Gasteiger partial charge in [0.2, 0.25) is 0 Å². The number of rotatable bonds is 6. The molecule has 0 saturated heterocycles. The normalized spacial score (nSPS) is 10.7. The van der Waals surface area contributed by atoms with Gasteiger partial charge in [-0.05, 0) is 12.1 Å². The van der Waals surface area contributed by atoms with Crippen molar-refractivity contribution in [3.63, 3.8) is 0 Å². The van der Waals surface area contributed by atoms with Gasteiger partial charge >= 0.3 is 5.97 Å². The number of benzene rings is 1. The van der Waals surface area contributed by atoms with Gasteiger partial charge in [-0.1, -0.05) is 18.2 Å². The molecular formula is C14H16N2O4. The minimum Gasteiger partial charge on any atom is -0.478 e. The van der Waals surface area contributed by atoms with E-state index in [1.54, 1.807) is 29.2 Å². The zero-order valence-electron chi connectivity index (χ0n) is 10.9. The fraction of sp³-hybridized carbons (Fsp3) is 0.286. The van der Waals surface area contributed by atoms with Gasteiger partial charge in [-0.25, -0.2) is 9.78 Å². The van der Waals surface area contributed by atoms with E-state index in [0.717, 1.165) is 0 Å². The highest BCUT2D eigenvalue weighted by molar-refractivity contribution is 6.03. The van der Waals surface area contributed by atoms with Crippen molar-refractivity contribution < 1.29 is 20.1 Å². The van der Waals surface area contributed by atoms with Gasteiger partial charge in [0.05, 0.1) is 24.3 Å². The van der Waals surface area contributed by atoms with E-state index in [9.17, 15) is 9.90 Å². The third-order valence-corrected chi connectivity index (χ3v) is 3.00. The molecule has 1 aromatic heterocycles. The largest absolute Gasteiger partial charge is 0.478 e. The standard InChI is InChI=1S/C14H16N2O4/c17-7-5-16(6-8-18)13-9-11(14(19)20)10-3-1-2-4-12(10)15-13/h1-4,9,17-18H,5-8H2,(H,19,20). The maximum atomic E-state index is 11.4. The molecule has 1 aromatic carbocycles. The van der Waals surface area contributed by atoms with Gasteiger partial charge in [0.15, 0.2) is 0 Å². The molecule has 0 aliphatic heterocycles. The van der Waals surface area contributed by atoms with Crippen molar-refractivity contribution in [2.45, 2.75) is 0 Å². The van der Waals surface area contributed by atoms with E-state index in [1.807, 2.05) is 0 Å². The number of aliphatic hydroxyl groups excluding tert-OH is 2. The van der Waals surface area contributed by atoms with Gasteiger partial charge in [0.25, 0.3) is 0 Å².